The van der Waals surface area contributed by atoms with Crippen LogP contribution in [-0.2, 0) is 18.5 Å². The Labute approximate surface area is 140 Å². The molecule has 0 unspecified atom stereocenters. The molecule has 2 aromatic heterocycles. The van der Waals surface area contributed by atoms with Gasteiger partial charge in [-0.1, -0.05) is 0 Å². The van der Waals surface area contributed by atoms with Gasteiger partial charge in [0.2, 0.25) is 0 Å². The lowest BCUT2D eigenvalue weighted by Crippen LogP contribution is -2.37. The van der Waals surface area contributed by atoms with Gasteiger partial charge in [-0.15, -0.1) is 0 Å². The van der Waals surface area contributed by atoms with E-state index in [9.17, 15) is 4.79 Å². The zero-order valence-corrected chi connectivity index (χ0v) is 14.1. The number of aromatic nitrogens is 3. The lowest BCUT2D eigenvalue weighted by atomic mass is 10.0. The first-order valence-corrected chi connectivity index (χ1v) is 8.12. The van der Waals surface area contributed by atoms with Crippen molar-refractivity contribution in [1.29, 1.82) is 0 Å². The van der Waals surface area contributed by atoms with E-state index >= 15 is 0 Å². The topological polar surface area (TPSA) is 64.2 Å². The van der Waals surface area contributed by atoms with Gasteiger partial charge in [-0.3, -0.25) is 9.48 Å². The molecule has 0 N–H and O–H groups in total. The maximum atomic E-state index is 12.8. The summed E-state index contributed by atoms with van der Waals surface area (Å²) < 4.78 is 7.31. The molecule has 0 radical (unpaired) electrons. The summed E-state index contributed by atoms with van der Waals surface area (Å²) in [5.41, 5.74) is 4.37. The smallest absolute Gasteiger partial charge is 0.254 e. The van der Waals surface area contributed by atoms with Crippen molar-refractivity contribution in [2.45, 2.75) is 39.3 Å². The van der Waals surface area contributed by atoms with Gasteiger partial charge in [0.25, 0.3) is 5.91 Å². The Bertz CT molecular complexity index is 917. The van der Waals surface area contributed by atoms with Crippen LogP contribution >= 0.6 is 0 Å². The summed E-state index contributed by atoms with van der Waals surface area (Å²) in [6, 6.07) is 5.38. The number of fused-ring (bicyclic) bond motifs is 2. The molecule has 1 aliphatic heterocycles. The quantitative estimate of drug-likeness (QED) is 0.690. The Kier molecular flexibility index (Phi) is 3.23. The van der Waals surface area contributed by atoms with E-state index in [0.29, 0.717) is 29.8 Å². The molecule has 124 valence electrons. The molecule has 24 heavy (non-hydrogen) atoms. The first kappa shape index (κ1) is 14.9. The van der Waals surface area contributed by atoms with Crippen molar-refractivity contribution >= 4 is 17.0 Å². The molecule has 1 amide bonds. The molecule has 0 saturated heterocycles. The van der Waals surface area contributed by atoms with Gasteiger partial charge in [-0.2, -0.15) is 5.10 Å². The Morgan fingerprint density at radius 2 is 2.12 bits per heavy atom. The van der Waals surface area contributed by atoms with Crippen LogP contribution in [0.1, 0.15) is 42.4 Å². The maximum absolute atomic E-state index is 12.8. The molecule has 0 spiro atoms. The third-order valence-corrected chi connectivity index (χ3v) is 4.44. The average Bonchev–Trinajstić information content (AvgIpc) is 3.18. The molecule has 1 aliphatic rings. The van der Waals surface area contributed by atoms with Crippen molar-refractivity contribution in [3.8, 4) is 0 Å². The average molecular weight is 324 g/mol. The largest absolute Gasteiger partial charge is 0.443 e. The van der Waals surface area contributed by atoms with Crippen LogP contribution in [0.15, 0.2) is 35.2 Å². The van der Waals surface area contributed by atoms with Crippen LogP contribution in [0.3, 0.4) is 0 Å². The van der Waals surface area contributed by atoms with Crippen molar-refractivity contribution in [2.75, 3.05) is 6.54 Å². The monoisotopic (exact) mass is 324 g/mol. The normalized spacial score (nSPS) is 14.9. The molecule has 1 aromatic carbocycles. The van der Waals surface area contributed by atoms with Crippen molar-refractivity contribution in [3.63, 3.8) is 0 Å². The Morgan fingerprint density at radius 1 is 1.29 bits per heavy atom. The van der Waals surface area contributed by atoms with E-state index in [1.165, 1.54) is 12.1 Å². The van der Waals surface area contributed by atoms with Crippen molar-refractivity contribution < 1.29 is 9.21 Å². The minimum absolute atomic E-state index is 0.0223. The van der Waals surface area contributed by atoms with E-state index in [2.05, 4.69) is 35.5 Å². The highest BCUT2D eigenvalue weighted by Gasteiger charge is 2.28. The van der Waals surface area contributed by atoms with Crippen LogP contribution in [0.5, 0.6) is 0 Å². The number of carbonyl (C=O) groups excluding carboxylic acids is 1. The summed E-state index contributed by atoms with van der Waals surface area (Å²) in [6.45, 7) is 7.73. The SMILES string of the molecule is CC(C)(C)n1ncc2c1CCN(C(=O)c1ccc3ocnc3c1)C2. The molecule has 6 heteroatoms. The maximum Gasteiger partial charge on any atom is 0.254 e. The minimum Gasteiger partial charge on any atom is -0.443 e. The van der Waals surface area contributed by atoms with Gasteiger partial charge in [-0.25, -0.2) is 4.98 Å². The summed E-state index contributed by atoms with van der Waals surface area (Å²) in [5.74, 6) is 0.0223. The highest BCUT2D eigenvalue weighted by molar-refractivity contribution is 5.97. The number of hydrogen-bond donors (Lipinski definition) is 0. The molecular weight excluding hydrogens is 304 g/mol. The number of amides is 1. The Morgan fingerprint density at radius 3 is 2.92 bits per heavy atom. The number of hydrogen-bond acceptors (Lipinski definition) is 4. The van der Waals surface area contributed by atoms with E-state index in [4.69, 9.17) is 4.42 Å². The van der Waals surface area contributed by atoms with E-state index in [0.717, 1.165) is 12.0 Å². The Hall–Kier alpha value is -2.63. The van der Waals surface area contributed by atoms with E-state index < -0.39 is 0 Å². The van der Waals surface area contributed by atoms with Crippen LogP contribution in [-0.4, -0.2) is 32.1 Å². The van der Waals surface area contributed by atoms with Gasteiger partial charge >= 0.3 is 0 Å². The van der Waals surface area contributed by atoms with Crippen molar-refractivity contribution in [3.05, 3.63) is 47.6 Å². The molecular formula is C18H20N4O2. The lowest BCUT2D eigenvalue weighted by molar-refractivity contribution is 0.0732. The van der Waals surface area contributed by atoms with Gasteiger partial charge in [0, 0.05) is 36.3 Å². The number of benzene rings is 1. The van der Waals surface area contributed by atoms with Gasteiger partial charge in [0.1, 0.15) is 5.52 Å². The van der Waals surface area contributed by atoms with Gasteiger partial charge in [-0.05, 0) is 39.0 Å². The number of oxazole rings is 1. The minimum atomic E-state index is -0.0439. The zero-order valence-electron chi connectivity index (χ0n) is 14.1. The molecule has 0 fully saturated rings. The zero-order chi connectivity index (χ0) is 16.9. The molecule has 0 saturated carbocycles. The summed E-state index contributed by atoms with van der Waals surface area (Å²) in [5, 5.41) is 4.53. The summed E-state index contributed by atoms with van der Waals surface area (Å²) in [4.78, 5) is 18.8. The van der Waals surface area contributed by atoms with Crippen molar-refractivity contribution in [2.24, 2.45) is 0 Å². The highest BCUT2D eigenvalue weighted by atomic mass is 16.3. The van der Waals surface area contributed by atoms with E-state index in [-0.39, 0.29) is 11.4 Å². The molecule has 0 bridgehead atoms. The second kappa shape index (κ2) is 5.19. The second-order valence-electron chi connectivity index (χ2n) is 7.21. The fraction of sp³-hybridized carbons (Fsp3) is 0.389. The number of carbonyl (C=O) groups is 1. The van der Waals surface area contributed by atoms with Crippen molar-refractivity contribution in [1.82, 2.24) is 19.7 Å². The molecule has 3 aromatic rings. The first-order chi connectivity index (χ1) is 11.4. The molecule has 0 aliphatic carbocycles. The lowest BCUT2D eigenvalue weighted by Gasteiger charge is -2.30. The second-order valence-corrected chi connectivity index (χ2v) is 7.21. The van der Waals surface area contributed by atoms with E-state index in [1.807, 2.05) is 11.1 Å². The molecule has 6 nitrogen and oxygen atoms in total. The van der Waals surface area contributed by atoms with Gasteiger partial charge < -0.3 is 9.32 Å². The van der Waals surface area contributed by atoms with E-state index in [1.54, 1.807) is 18.2 Å². The molecule has 0 atom stereocenters. The van der Waals surface area contributed by atoms with Crippen LogP contribution in [0.2, 0.25) is 0 Å². The molecule has 3 heterocycles. The third kappa shape index (κ3) is 2.38. The van der Waals surface area contributed by atoms with Crippen LogP contribution in [0, 0.1) is 0 Å². The summed E-state index contributed by atoms with van der Waals surface area (Å²) >= 11 is 0. The predicted octanol–water partition coefficient (Wildman–Crippen LogP) is 2.98. The fourth-order valence-corrected chi connectivity index (χ4v) is 3.26. The fourth-order valence-electron chi connectivity index (χ4n) is 3.26. The Balaban J connectivity index is 1.60. The standard InChI is InChI=1S/C18H20N4O2/c1-18(2,3)22-15-6-7-21(10-13(15)9-20-22)17(23)12-4-5-16-14(8-12)19-11-24-16/h4-5,8-9,11H,6-7,10H2,1-3H3. The summed E-state index contributed by atoms with van der Waals surface area (Å²) in [6.07, 6.45) is 4.11. The van der Waals surface area contributed by atoms with Crippen LogP contribution in [0.25, 0.3) is 11.1 Å². The van der Waals surface area contributed by atoms with Gasteiger partial charge in [0.05, 0.1) is 11.7 Å². The summed E-state index contributed by atoms with van der Waals surface area (Å²) in [7, 11) is 0. The third-order valence-electron chi connectivity index (χ3n) is 4.44. The predicted molar refractivity (Wildman–Crippen MR) is 89.7 cm³/mol. The molecule has 4 rings (SSSR count). The van der Waals surface area contributed by atoms with Gasteiger partial charge in [0.15, 0.2) is 12.0 Å². The first-order valence-electron chi connectivity index (χ1n) is 8.12. The van der Waals surface area contributed by atoms with Crippen LogP contribution < -0.4 is 0 Å². The number of rotatable bonds is 1. The van der Waals surface area contributed by atoms with Crippen LogP contribution in [0.4, 0.5) is 0 Å². The number of nitrogens with zero attached hydrogens (tertiary/aromatic N) is 4. The highest BCUT2D eigenvalue weighted by Crippen LogP contribution is 2.25.